The zero-order valence-electron chi connectivity index (χ0n) is 8.54. The summed E-state index contributed by atoms with van der Waals surface area (Å²) >= 11 is 0. The van der Waals surface area contributed by atoms with Gasteiger partial charge in [0.1, 0.15) is 6.04 Å². The van der Waals surface area contributed by atoms with Crippen molar-refractivity contribution in [2.24, 2.45) is 5.73 Å². The molecule has 0 saturated carbocycles. The van der Waals surface area contributed by atoms with Crippen LogP contribution in [0.1, 0.15) is 6.42 Å². The van der Waals surface area contributed by atoms with Crippen LogP contribution in [0.15, 0.2) is 35.2 Å². The van der Waals surface area contributed by atoms with Crippen molar-refractivity contribution < 1.29 is 18.3 Å². The number of aliphatic carboxylic acids is 1. The van der Waals surface area contributed by atoms with Crippen LogP contribution in [0.2, 0.25) is 0 Å². The average molecular weight is 243 g/mol. The standard InChI is InChI=1S/C10H13NO4S/c11-9(10(12)13)6-7-16(14,15)8-4-2-1-3-5-8/h1-5,9H,6-7,11H2,(H,12,13). The van der Waals surface area contributed by atoms with Gasteiger partial charge in [0.15, 0.2) is 9.84 Å². The lowest BCUT2D eigenvalue weighted by atomic mass is 10.2. The van der Waals surface area contributed by atoms with Crippen LogP contribution in [0.5, 0.6) is 0 Å². The third kappa shape index (κ3) is 3.32. The van der Waals surface area contributed by atoms with Crippen LogP contribution in [-0.4, -0.2) is 31.3 Å². The van der Waals surface area contributed by atoms with E-state index in [9.17, 15) is 13.2 Å². The Kier molecular flexibility index (Phi) is 4.03. The first-order valence-electron chi connectivity index (χ1n) is 4.69. The number of rotatable bonds is 5. The monoisotopic (exact) mass is 243 g/mol. The van der Waals surface area contributed by atoms with Crippen LogP contribution in [0, 0.1) is 0 Å². The normalized spacial score (nSPS) is 13.3. The molecule has 0 aliphatic heterocycles. The van der Waals surface area contributed by atoms with Gasteiger partial charge in [0, 0.05) is 0 Å². The van der Waals surface area contributed by atoms with Crippen LogP contribution in [0.25, 0.3) is 0 Å². The molecule has 0 heterocycles. The second kappa shape index (κ2) is 5.09. The van der Waals surface area contributed by atoms with E-state index in [0.717, 1.165) is 0 Å². The van der Waals surface area contributed by atoms with Crippen LogP contribution in [0.3, 0.4) is 0 Å². The summed E-state index contributed by atoms with van der Waals surface area (Å²) in [6.45, 7) is 0. The third-order valence-electron chi connectivity index (χ3n) is 2.12. The summed E-state index contributed by atoms with van der Waals surface area (Å²) in [5.41, 5.74) is 5.24. The van der Waals surface area contributed by atoms with E-state index in [2.05, 4.69) is 0 Å². The fourth-order valence-corrected chi connectivity index (χ4v) is 2.52. The van der Waals surface area contributed by atoms with E-state index in [4.69, 9.17) is 10.8 Å². The number of nitrogens with two attached hydrogens (primary N) is 1. The van der Waals surface area contributed by atoms with Crippen molar-refractivity contribution in [1.82, 2.24) is 0 Å². The van der Waals surface area contributed by atoms with Gasteiger partial charge in [0.05, 0.1) is 10.6 Å². The van der Waals surface area contributed by atoms with Crippen molar-refractivity contribution in [2.45, 2.75) is 17.4 Å². The van der Waals surface area contributed by atoms with Gasteiger partial charge in [0.25, 0.3) is 0 Å². The van der Waals surface area contributed by atoms with E-state index in [-0.39, 0.29) is 17.1 Å². The smallest absolute Gasteiger partial charge is 0.320 e. The minimum Gasteiger partial charge on any atom is -0.480 e. The second-order valence-corrected chi connectivity index (χ2v) is 5.47. The lowest BCUT2D eigenvalue weighted by Crippen LogP contribution is -2.32. The molecule has 88 valence electrons. The Labute approximate surface area is 93.8 Å². The highest BCUT2D eigenvalue weighted by atomic mass is 32.2. The fourth-order valence-electron chi connectivity index (χ4n) is 1.15. The van der Waals surface area contributed by atoms with Crippen molar-refractivity contribution in [3.8, 4) is 0 Å². The van der Waals surface area contributed by atoms with Gasteiger partial charge in [-0.25, -0.2) is 8.42 Å². The third-order valence-corrected chi connectivity index (χ3v) is 3.88. The van der Waals surface area contributed by atoms with Gasteiger partial charge in [-0.15, -0.1) is 0 Å². The van der Waals surface area contributed by atoms with Crippen LogP contribution >= 0.6 is 0 Å². The molecule has 16 heavy (non-hydrogen) atoms. The molecule has 1 rings (SSSR count). The maximum absolute atomic E-state index is 11.7. The Morgan fingerprint density at radius 2 is 1.88 bits per heavy atom. The highest BCUT2D eigenvalue weighted by Crippen LogP contribution is 2.11. The first-order chi connectivity index (χ1) is 7.43. The Hall–Kier alpha value is -1.40. The molecule has 0 saturated heterocycles. The summed E-state index contributed by atoms with van der Waals surface area (Å²) < 4.78 is 23.4. The summed E-state index contributed by atoms with van der Waals surface area (Å²) in [6, 6.07) is 6.75. The quantitative estimate of drug-likeness (QED) is 0.773. The van der Waals surface area contributed by atoms with Crippen molar-refractivity contribution >= 4 is 15.8 Å². The summed E-state index contributed by atoms with van der Waals surface area (Å²) in [7, 11) is -3.43. The highest BCUT2D eigenvalue weighted by molar-refractivity contribution is 7.91. The molecule has 5 nitrogen and oxygen atoms in total. The van der Waals surface area contributed by atoms with Gasteiger partial charge in [-0.3, -0.25) is 4.79 Å². The first kappa shape index (κ1) is 12.7. The van der Waals surface area contributed by atoms with Gasteiger partial charge in [0.2, 0.25) is 0 Å². The van der Waals surface area contributed by atoms with E-state index < -0.39 is 21.8 Å². The molecule has 0 bridgehead atoms. The molecule has 1 aromatic carbocycles. The lowest BCUT2D eigenvalue weighted by Gasteiger charge is -2.07. The molecular formula is C10H13NO4S. The molecule has 0 aliphatic rings. The minimum atomic E-state index is -3.43. The van der Waals surface area contributed by atoms with E-state index in [1.165, 1.54) is 12.1 Å². The van der Waals surface area contributed by atoms with Crippen molar-refractivity contribution in [2.75, 3.05) is 5.75 Å². The summed E-state index contributed by atoms with van der Waals surface area (Å²) in [4.78, 5) is 10.6. The van der Waals surface area contributed by atoms with E-state index in [1.54, 1.807) is 18.2 Å². The number of carboxylic acids is 1. The Morgan fingerprint density at radius 1 is 1.31 bits per heavy atom. The van der Waals surface area contributed by atoms with Gasteiger partial charge >= 0.3 is 5.97 Å². The fraction of sp³-hybridized carbons (Fsp3) is 0.300. The van der Waals surface area contributed by atoms with Crippen molar-refractivity contribution in [3.63, 3.8) is 0 Å². The summed E-state index contributed by atoms with van der Waals surface area (Å²) in [6.07, 6.45) is -0.0907. The number of benzene rings is 1. The molecule has 0 aliphatic carbocycles. The van der Waals surface area contributed by atoms with E-state index >= 15 is 0 Å². The number of carboxylic acid groups (broad SMARTS) is 1. The largest absolute Gasteiger partial charge is 0.480 e. The maximum atomic E-state index is 11.7. The van der Waals surface area contributed by atoms with E-state index in [0.29, 0.717) is 0 Å². The molecular weight excluding hydrogens is 230 g/mol. The minimum absolute atomic E-state index is 0.0907. The number of sulfone groups is 1. The lowest BCUT2D eigenvalue weighted by molar-refractivity contribution is -0.138. The van der Waals surface area contributed by atoms with Crippen LogP contribution in [0.4, 0.5) is 0 Å². The second-order valence-electron chi connectivity index (χ2n) is 3.37. The van der Waals surface area contributed by atoms with Gasteiger partial charge in [-0.05, 0) is 18.6 Å². The van der Waals surface area contributed by atoms with Gasteiger partial charge in [-0.1, -0.05) is 18.2 Å². The summed E-state index contributed by atoms with van der Waals surface area (Å²) in [5, 5.41) is 8.53. The first-order valence-corrected chi connectivity index (χ1v) is 6.35. The van der Waals surface area contributed by atoms with Gasteiger partial charge < -0.3 is 10.8 Å². The molecule has 1 aromatic rings. The summed E-state index contributed by atoms with van der Waals surface area (Å²) in [5.74, 6) is -1.45. The Morgan fingerprint density at radius 3 is 2.38 bits per heavy atom. The predicted molar refractivity (Wildman–Crippen MR) is 58.7 cm³/mol. The molecule has 3 N–H and O–H groups in total. The molecule has 0 fully saturated rings. The number of hydrogen-bond donors (Lipinski definition) is 2. The molecule has 6 heteroatoms. The van der Waals surface area contributed by atoms with Gasteiger partial charge in [-0.2, -0.15) is 0 Å². The SMILES string of the molecule is NC(CCS(=O)(=O)c1ccccc1)C(=O)O. The molecule has 0 aromatic heterocycles. The van der Waals surface area contributed by atoms with Crippen LogP contribution < -0.4 is 5.73 Å². The molecule has 0 radical (unpaired) electrons. The maximum Gasteiger partial charge on any atom is 0.320 e. The zero-order valence-corrected chi connectivity index (χ0v) is 9.35. The molecule has 1 unspecified atom stereocenters. The Bertz CT molecular complexity index is 455. The van der Waals surface area contributed by atoms with Crippen molar-refractivity contribution in [1.29, 1.82) is 0 Å². The molecule has 0 spiro atoms. The Balaban J connectivity index is 2.71. The average Bonchev–Trinajstić information content (AvgIpc) is 2.27. The zero-order chi connectivity index (χ0) is 12.2. The molecule has 0 amide bonds. The number of hydrogen-bond acceptors (Lipinski definition) is 4. The van der Waals surface area contributed by atoms with Crippen LogP contribution in [-0.2, 0) is 14.6 Å². The topological polar surface area (TPSA) is 97.5 Å². The van der Waals surface area contributed by atoms with E-state index in [1.807, 2.05) is 0 Å². The number of carbonyl (C=O) groups is 1. The molecule has 1 atom stereocenters. The highest BCUT2D eigenvalue weighted by Gasteiger charge is 2.18. The predicted octanol–water partition coefficient (Wildman–Crippen LogP) is 0.262. The van der Waals surface area contributed by atoms with Crippen molar-refractivity contribution in [3.05, 3.63) is 30.3 Å².